The van der Waals surface area contributed by atoms with Gasteiger partial charge in [-0.3, -0.25) is 0 Å². The molecule has 0 aromatic rings. The number of carbonyl (C=O) groups excluding carboxylic acids is 2. The minimum Gasteiger partial charge on any atom is -0.462 e. The molecule has 4 nitrogen and oxygen atoms in total. The Kier molecular flexibility index (Phi) is 7.28. The number of ether oxygens (including phenoxy) is 2. The first-order valence-electron chi connectivity index (χ1n) is 6.27. The summed E-state index contributed by atoms with van der Waals surface area (Å²) in [6.45, 7) is 6.80. The van der Waals surface area contributed by atoms with E-state index in [1.54, 1.807) is 0 Å². The van der Waals surface area contributed by atoms with Crippen LogP contribution in [0.5, 0.6) is 0 Å². The minimum atomic E-state index is -3.91. The molecule has 0 aliphatic heterocycles. The van der Waals surface area contributed by atoms with Gasteiger partial charge < -0.3 is 9.47 Å². The largest absolute Gasteiger partial charge is 0.462 e. The van der Waals surface area contributed by atoms with E-state index in [-0.39, 0.29) is 11.1 Å². The van der Waals surface area contributed by atoms with Gasteiger partial charge >= 0.3 is 11.9 Å². The first kappa shape index (κ1) is 20.1. The highest BCUT2D eigenvalue weighted by molar-refractivity contribution is 5.87. The molecule has 8 heteroatoms. The molecule has 0 N–H and O–H groups in total. The molecule has 0 unspecified atom stereocenters. The van der Waals surface area contributed by atoms with Crippen LogP contribution in [0.2, 0.25) is 0 Å². The summed E-state index contributed by atoms with van der Waals surface area (Å²) in [5, 5.41) is 0. The van der Waals surface area contributed by atoms with Gasteiger partial charge in [-0.05, 0) is 13.8 Å². The zero-order valence-electron chi connectivity index (χ0n) is 12.4. The van der Waals surface area contributed by atoms with Crippen LogP contribution in [0, 0.1) is 0 Å². The van der Waals surface area contributed by atoms with E-state index in [1.807, 2.05) is 0 Å². The molecular formula is C14H18F4O4. The Balaban J connectivity index is 4.36. The highest BCUT2D eigenvalue weighted by Gasteiger charge is 2.44. The van der Waals surface area contributed by atoms with Crippen molar-refractivity contribution >= 4 is 11.9 Å². The van der Waals surface area contributed by atoms with Gasteiger partial charge in [0, 0.05) is 17.6 Å². The lowest BCUT2D eigenvalue weighted by Crippen LogP contribution is -2.35. The molecule has 0 saturated carbocycles. The average Bonchev–Trinajstić information content (AvgIpc) is 2.33. The van der Waals surface area contributed by atoms with Gasteiger partial charge in [0.1, 0.15) is 0 Å². The summed E-state index contributed by atoms with van der Waals surface area (Å²) in [5.74, 6) is -9.65. The van der Waals surface area contributed by atoms with Crippen molar-refractivity contribution in [3.63, 3.8) is 0 Å². The Hall–Kier alpha value is -1.86. The minimum absolute atomic E-state index is 0.0142. The van der Waals surface area contributed by atoms with Crippen molar-refractivity contribution in [2.24, 2.45) is 0 Å². The maximum Gasteiger partial charge on any atom is 0.333 e. The van der Waals surface area contributed by atoms with E-state index < -0.39 is 49.8 Å². The van der Waals surface area contributed by atoms with Crippen LogP contribution in [0.3, 0.4) is 0 Å². The van der Waals surface area contributed by atoms with Crippen LogP contribution in [0.15, 0.2) is 24.3 Å². The molecular weight excluding hydrogens is 308 g/mol. The third-order valence-corrected chi connectivity index (χ3v) is 2.33. The van der Waals surface area contributed by atoms with Gasteiger partial charge in [0.05, 0.1) is 13.0 Å². The fourth-order valence-corrected chi connectivity index (χ4v) is 1.23. The highest BCUT2D eigenvalue weighted by Crippen LogP contribution is 2.33. The first-order chi connectivity index (χ1) is 9.86. The molecule has 0 aliphatic carbocycles. The molecule has 126 valence electrons. The molecule has 0 aliphatic rings. The summed E-state index contributed by atoms with van der Waals surface area (Å²) < 4.78 is 62.1. The van der Waals surface area contributed by atoms with Crippen LogP contribution in [-0.2, 0) is 19.1 Å². The maximum atomic E-state index is 13.4. The van der Waals surface area contributed by atoms with Crippen molar-refractivity contribution in [3.8, 4) is 0 Å². The van der Waals surface area contributed by atoms with E-state index in [1.165, 1.54) is 13.8 Å². The molecule has 0 saturated heterocycles. The lowest BCUT2D eigenvalue weighted by atomic mass is 10.1. The zero-order chi connectivity index (χ0) is 17.6. The molecule has 0 aromatic heterocycles. The lowest BCUT2D eigenvalue weighted by molar-refractivity contribution is -0.167. The Morgan fingerprint density at radius 3 is 1.82 bits per heavy atom. The van der Waals surface area contributed by atoms with E-state index in [0.717, 1.165) is 0 Å². The summed E-state index contributed by atoms with van der Waals surface area (Å²) in [4.78, 5) is 21.9. The number of hydrogen-bond acceptors (Lipinski definition) is 4. The molecule has 0 heterocycles. The summed E-state index contributed by atoms with van der Waals surface area (Å²) in [6.07, 6.45) is -2.90. The predicted octanol–water partition coefficient (Wildman–Crippen LogP) is 3.28. The molecule has 0 amide bonds. The molecule has 22 heavy (non-hydrogen) atoms. The summed E-state index contributed by atoms with van der Waals surface area (Å²) in [6, 6.07) is 0. The van der Waals surface area contributed by atoms with Crippen LogP contribution in [0.4, 0.5) is 17.6 Å². The quantitative estimate of drug-likeness (QED) is 0.371. The van der Waals surface area contributed by atoms with Gasteiger partial charge in [0.2, 0.25) is 0 Å². The van der Waals surface area contributed by atoms with Crippen LogP contribution in [0.1, 0.15) is 26.7 Å². The zero-order valence-corrected chi connectivity index (χ0v) is 12.4. The fourth-order valence-electron chi connectivity index (χ4n) is 1.23. The van der Waals surface area contributed by atoms with Gasteiger partial charge in [-0.2, -0.15) is 0 Å². The highest BCUT2D eigenvalue weighted by atomic mass is 19.3. The predicted molar refractivity (Wildman–Crippen MR) is 70.7 cm³/mol. The molecule has 0 fully saturated rings. The van der Waals surface area contributed by atoms with Crippen LogP contribution >= 0.6 is 0 Å². The second-order valence-electron chi connectivity index (χ2n) is 4.91. The second-order valence-corrected chi connectivity index (χ2v) is 4.91. The molecule has 0 radical (unpaired) electrons. The van der Waals surface area contributed by atoms with E-state index in [4.69, 9.17) is 0 Å². The van der Waals surface area contributed by atoms with E-state index in [0.29, 0.717) is 0 Å². The summed E-state index contributed by atoms with van der Waals surface area (Å²) in [5.41, 5.74) is -0.102. The standard InChI is InChI=1S/C14H18F4O4/c1-9(2)11(19)21-6-5-13(15,16)7-14(17,18)8-22-12(20)10(3)4/h1,3,5-8H2,2,4H3. The topological polar surface area (TPSA) is 52.6 Å². The van der Waals surface area contributed by atoms with Crippen molar-refractivity contribution in [2.75, 3.05) is 13.2 Å². The summed E-state index contributed by atoms with van der Waals surface area (Å²) >= 11 is 0. The van der Waals surface area contributed by atoms with Crippen LogP contribution in [-0.4, -0.2) is 37.0 Å². The Labute approximate surface area is 125 Å². The molecule has 0 bridgehead atoms. The number of esters is 2. The number of rotatable bonds is 9. The van der Waals surface area contributed by atoms with Gasteiger partial charge in [0.15, 0.2) is 6.61 Å². The third kappa shape index (κ3) is 8.43. The van der Waals surface area contributed by atoms with Crippen molar-refractivity contribution in [2.45, 2.75) is 38.5 Å². The molecule has 0 spiro atoms. The van der Waals surface area contributed by atoms with Gasteiger partial charge in [-0.15, -0.1) is 0 Å². The third-order valence-electron chi connectivity index (χ3n) is 2.33. The Morgan fingerprint density at radius 2 is 1.36 bits per heavy atom. The number of halogens is 4. The SMILES string of the molecule is C=C(C)C(=O)OCCC(F)(F)CC(F)(F)COC(=O)C(=C)C. The lowest BCUT2D eigenvalue weighted by Gasteiger charge is -2.22. The monoisotopic (exact) mass is 326 g/mol. The molecule has 0 rings (SSSR count). The first-order valence-corrected chi connectivity index (χ1v) is 6.27. The smallest absolute Gasteiger partial charge is 0.333 e. The van der Waals surface area contributed by atoms with Crippen LogP contribution in [0.25, 0.3) is 0 Å². The fraction of sp³-hybridized carbons (Fsp3) is 0.571. The van der Waals surface area contributed by atoms with Gasteiger partial charge in [0.25, 0.3) is 11.8 Å². The Bertz CT molecular complexity index is 458. The Morgan fingerprint density at radius 1 is 0.909 bits per heavy atom. The molecule has 0 atom stereocenters. The van der Waals surface area contributed by atoms with Gasteiger partial charge in [-0.1, -0.05) is 13.2 Å². The van der Waals surface area contributed by atoms with Gasteiger partial charge in [-0.25, -0.2) is 27.2 Å². The maximum absolute atomic E-state index is 13.4. The van der Waals surface area contributed by atoms with E-state index in [9.17, 15) is 27.2 Å². The van der Waals surface area contributed by atoms with Crippen molar-refractivity contribution in [3.05, 3.63) is 24.3 Å². The second kappa shape index (κ2) is 7.95. The van der Waals surface area contributed by atoms with Crippen LogP contribution < -0.4 is 0 Å². The van der Waals surface area contributed by atoms with Crippen molar-refractivity contribution < 1.29 is 36.6 Å². The number of alkyl halides is 4. The average molecular weight is 326 g/mol. The van der Waals surface area contributed by atoms with E-state index >= 15 is 0 Å². The van der Waals surface area contributed by atoms with Crippen molar-refractivity contribution in [1.82, 2.24) is 0 Å². The normalized spacial score (nSPS) is 11.7. The number of hydrogen-bond donors (Lipinski definition) is 0. The van der Waals surface area contributed by atoms with E-state index in [2.05, 4.69) is 22.6 Å². The number of carbonyl (C=O) groups is 2. The summed E-state index contributed by atoms with van der Waals surface area (Å²) in [7, 11) is 0. The van der Waals surface area contributed by atoms with Crippen molar-refractivity contribution in [1.29, 1.82) is 0 Å². The molecule has 0 aromatic carbocycles.